The van der Waals surface area contributed by atoms with Gasteiger partial charge in [-0.25, -0.2) is 0 Å². The molecule has 1 aromatic rings. The predicted octanol–water partition coefficient (Wildman–Crippen LogP) is 14.7. The Balaban J connectivity index is 0.00000232. The Hall–Kier alpha value is -2.34. The fraction of sp³-hybridized carbons (Fsp3) is 0.591. The molecule has 3 rings (SSSR count). The smallest absolute Gasteiger partial charge is 0.00115 e. The number of rotatable bonds is 17. The van der Waals surface area contributed by atoms with Gasteiger partial charge in [0.1, 0.15) is 0 Å². The van der Waals surface area contributed by atoms with Crippen molar-refractivity contribution < 1.29 is 0 Å². The van der Waals surface area contributed by atoms with Gasteiger partial charge in [-0.05, 0) is 91.9 Å². The molecule has 0 saturated heterocycles. The largest absolute Gasteiger partial charge is 0.102 e. The normalized spacial score (nSPS) is 16.2. The first kappa shape index (κ1) is 39.7. The lowest BCUT2D eigenvalue weighted by Gasteiger charge is -2.28. The number of unbranched alkanes of at least 4 members (excludes halogenated alkanes) is 2. The van der Waals surface area contributed by atoms with Crippen molar-refractivity contribution in [2.24, 2.45) is 11.8 Å². The summed E-state index contributed by atoms with van der Waals surface area (Å²) >= 11 is 0. The summed E-state index contributed by atoms with van der Waals surface area (Å²) in [5.41, 5.74) is 9.98. The van der Waals surface area contributed by atoms with E-state index in [1.165, 1.54) is 110 Å². The minimum Gasteiger partial charge on any atom is -0.102 e. The van der Waals surface area contributed by atoms with Crippen LogP contribution in [0.15, 0.2) is 85.5 Å². The third kappa shape index (κ3) is 13.7. The molecule has 1 saturated carbocycles. The molecule has 2 atom stereocenters. The van der Waals surface area contributed by atoms with E-state index in [9.17, 15) is 0 Å². The van der Waals surface area contributed by atoms with E-state index >= 15 is 0 Å². The van der Waals surface area contributed by atoms with Gasteiger partial charge in [-0.2, -0.15) is 0 Å². The highest BCUT2D eigenvalue weighted by molar-refractivity contribution is 5.68. The maximum absolute atomic E-state index is 4.77. The quantitative estimate of drug-likeness (QED) is 0.0950. The van der Waals surface area contributed by atoms with Gasteiger partial charge in [-0.15, -0.1) is 6.58 Å². The SMILES string of the molecule is C=CC(CC1=CC=CCC1)C(=C)C(CCCCC)CC(=C)c1ccc(CC(=C)CCC)cc1C1CCCCCC1.CC.CC. The van der Waals surface area contributed by atoms with Gasteiger partial charge in [-0.3, -0.25) is 0 Å². The summed E-state index contributed by atoms with van der Waals surface area (Å²) < 4.78 is 0. The molecule has 0 N–H and O–H groups in total. The number of allylic oxidation sites excluding steroid dienone is 8. The van der Waals surface area contributed by atoms with Gasteiger partial charge < -0.3 is 0 Å². The number of hydrogen-bond acceptors (Lipinski definition) is 0. The standard InChI is InChI=1S/C40H58.2C2H6/c1-7-10-14-24-38(33(6)36(9-3)29-34-20-15-13-16-21-34)28-32(5)39-26-25-35(27-31(4)19-8-2)30-40(39)37-22-17-11-12-18-23-37;2*1-2/h9,13,15,20,25-26,30,36-38H,3-8,10-12,14,16-19,21-24,27-29H2,1-2H3;2*1-2H3. The molecule has 0 aliphatic heterocycles. The maximum atomic E-state index is 4.77. The van der Waals surface area contributed by atoms with Crippen LogP contribution in [-0.2, 0) is 6.42 Å². The summed E-state index contributed by atoms with van der Waals surface area (Å²) in [5.74, 6) is 1.45. The van der Waals surface area contributed by atoms with Gasteiger partial charge in [0.25, 0.3) is 0 Å². The monoisotopic (exact) mass is 599 g/mol. The van der Waals surface area contributed by atoms with Gasteiger partial charge in [0.2, 0.25) is 0 Å². The van der Waals surface area contributed by atoms with Crippen LogP contribution in [0.25, 0.3) is 5.57 Å². The summed E-state index contributed by atoms with van der Waals surface area (Å²) in [5, 5.41) is 0. The van der Waals surface area contributed by atoms with Gasteiger partial charge >= 0.3 is 0 Å². The van der Waals surface area contributed by atoms with E-state index in [4.69, 9.17) is 13.2 Å². The van der Waals surface area contributed by atoms with E-state index < -0.39 is 0 Å². The molecule has 2 aliphatic carbocycles. The van der Waals surface area contributed by atoms with Crippen LogP contribution < -0.4 is 0 Å². The first-order chi connectivity index (χ1) is 21.5. The molecular formula is C44H70. The zero-order valence-corrected chi connectivity index (χ0v) is 30.1. The molecule has 246 valence electrons. The van der Waals surface area contributed by atoms with Crippen molar-refractivity contribution in [3.05, 3.63) is 102 Å². The molecule has 2 unspecified atom stereocenters. The summed E-state index contributed by atoms with van der Waals surface area (Å²) in [6.45, 7) is 30.7. The van der Waals surface area contributed by atoms with Crippen LogP contribution in [0.1, 0.15) is 167 Å². The first-order valence-electron chi connectivity index (χ1n) is 18.6. The van der Waals surface area contributed by atoms with Crippen LogP contribution in [0, 0.1) is 11.8 Å². The van der Waals surface area contributed by atoms with E-state index in [1.54, 1.807) is 5.56 Å². The molecule has 44 heavy (non-hydrogen) atoms. The average molecular weight is 599 g/mol. The minimum atomic E-state index is 0.338. The lowest BCUT2D eigenvalue weighted by molar-refractivity contribution is 0.487. The van der Waals surface area contributed by atoms with Crippen molar-refractivity contribution in [2.45, 2.75) is 157 Å². The molecule has 0 bridgehead atoms. The van der Waals surface area contributed by atoms with Crippen LogP contribution in [0.5, 0.6) is 0 Å². The predicted molar refractivity (Wildman–Crippen MR) is 203 cm³/mol. The van der Waals surface area contributed by atoms with Crippen molar-refractivity contribution in [3.8, 4) is 0 Å². The first-order valence-corrected chi connectivity index (χ1v) is 18.6. The Bertz CT molecular complexity index is 1040. The minimum absolute atomic E-state index is 0.338. The van der Waals surface area contributed by atoms with E-state index in [2.05, 4.69) is 69.5 Å². The Morgan fingerprint density at radius 3 is 2.23 bits per heavy atom. The van der Waals surface area contributed by atoms with Crippen LogP contribution in [-0.4, -0.2) is 0 Å². The van der Waals surface area contributed by atoms with Crippen LogP contribution >= 0.6 is 0 Å². The van der Waals surface area contributed by atoms with Crippen LogP contribution in [0.2, 0.25) is 0 Å². The molecule has 0 spiro atoms. The highest BCUT2D eigenvalue weighted by Gasteiger charge is 2.24. The van der Waals surface area contributed by atoms with Gasteiger partial charge in [0, 0.05) is 5.92 Å². The summed E-state index contributed by atoms with van der Waals surface area (Å²) in [6, 6.07) is 7.30. The van der Waals surface area contributed by atoms with E-state index in [0.29, 0.717) is 17.8 Å². The van der Waals surface area contributed by atoms with E-state index in [1.807, 2.05) is 27.7 Å². The Morgan fingerprint density at radius 1 is 0.932 bits per heavy atom. The van der Waals surface area contributed by atoms with Crippen LogP contribution in [0.3, 0.4) is 0 Å². The topological polar surface area (TPSA) is 0 Å². The second-order valence-electron chi connectivity index (χ2n) is 12.7. The lowest BCUT2D eigenvalue weighted by atomic mass is 9.76. The highest BCUT2D eigenvalue weighted by atomic mass is 14.3. The summed E-state index contributed by atoms with van der Waals surface area (Å²) in [7, 11) is 0. The van der Waals surface area contributed by atoms with Gasteiger partial charge in [0.05, 0.1) is 0 Å². The Labute approximate surface area is 275 Å². The molecular weight excluding hydrogens is 528 g/mol. The summed E-state index contributed by atoms with van der Waals surface area (Å²) in [4.78, 5) is 0. The highest BCUT2D eigenvalue weighted by Crippen LogP contribution is 2.40. The van der Waals surface area contributed by atoms with E-state index in [-0.39, 0.29) is 0 Å². The molecule has 0 heteroatoms. The van der Waals surface area contributed by atoms with Crippen LogP contribution in [0.4, 0.5) is 0 Å². The molecule has 0 aromatic heterocycles. The van der Waals surface area contributed by atoms with Crippen molar-refractivity contribution in [1.29, 1.82) is 0 Å². The molecule has 0 heterocycles. The fourth-order valence-corrected chi connectivity index (χ4v) is 6.94. The molecule has 1 aromatic carbocycles. The van der Waals surface area contributed by atoms with Crippen molar-refractivity contribution in [3.63, 3.8) is 0 Å². The van der Waals surface area contributed by atoms with Gasteiger partial charge in [-0.1, -0.05) is 172 Å². The average Bonchev–Trinajstić information content (AvgIpc) is 3.35. The maximum Gasteiger partial charge on any atom is 0.00115 e. The van der Waals surface area contributed by atoms with E-state index in [0.717, 1.165) is 32.1 Å². The second kappa shape index (κ2) is 24.0. The number of benzene rings is 1. The Morgan fingerprint density at radius 2 is 1.64 bits per heavy atom. The zero-order valence-electron chi connectivity index (χ0n) is 30.1. The summed E-state index contributed by atoms with van der Waals surface area (Å²) in [6.07, 6.45) is 29.8. The molecule has 0 amide bonds. The van der Waals surface area contributed by atoms with Gasteiger partial charge in [0.15, 0.2) is 0 Å². The van der Waals surface area contributed by atoms with Crippen molar-refractivity contribution >= 4 is 5.57 Å². The molecule has 0 nitrogen and oxygen atoms in total. The third-order valence-electron chi connectivity index (χ3n) is 9.37. The third-order valence-corrected chi connectivity index (χ3v) is 9.37. The number of hydrogen-bond donors (Lipinski definition) is 0. The molecule has 0 radical (unpaired) electrons. The fourth-order valence-electron chi connectivity index (χ4n) is 6.94. The molecule has 1 fully saturated rings. The Kier molecular flexibility index (Phi) is 21.6. The lowest BCUT2D eigenvalue weighted by Crippen LogP contribution is -2.14. The van der Waals surface area contributed by atoms with Crippen molar-refractivity contribution in [2.75, 3.05) is 0 Å². The molecule has 2 aliphatic rings. The zero-order chi connectivity index (χ0) is 32.7. The van der Waals surface area contributed by atoms with Crippen molar-refractivity contribution in [1.82, 2.24) is 0 Å². The second-order valence-corrected chi connectivity index (χ2v) is 12.7.